The van der Waals surface area contributed by atoms with E-state index >= 15 is 0 Å². The minimum Gasteiger partial charge on any atom is -0.332 e. The number of nitro benzene ring substituents is 1. The fraction of sp³-hybridized carbons (Fsp3) is 0.125. The number of benzene rings is 2. The van der Waals surface area contributed by atoms with Crippen LogP contribution in [-0.2, 0) is 4.79 Å². The number of hydrogen-bond donors (Lipinski definition) is 1. The summed E-state index contributed by atoms with van der Waals surface area (Å²) in [4.78, 5) is 35.5. The van der Waals surface area contributed by atoms with Gasteiger partial charge in [-0.1, -0.05) is 23.2 Å². The molecule has 130 valence electrons. The van der Waals surface area contributed by atoms with Crippen LogP contribution in [0.1, 0.15) is 10.4 Å². The number of nitrogens with one attached hydrogen (secondary N) is 1. The Labute approximate surface area is 153 Å². The van der Waals surface area contributed by atoms with Crippen LogP contribution in [0.4, 0.5) is 11.4 Å². The second-order valence-corrected chi connectivity index (χ2v) is 5.96. The quantitative estimate of drug-likeness (QED) is 0.632. The Hall–Kier alpha value is -2.64. The number of nitro groups is 1. The summed E-state index contributed by atoms with van der Waals surface area (Å²) in [6.07, 6.45) is 0. The van der Waals surface area contributed by atoms with E-state index in [1.165, 1.54) is 42.3 Å². The average molecular weight is 382 g/mol. The number of non-ortho nitro benzene ring substituents is 1. The second-order valence-electron chi connectivity index (χ2n) is 5.14. The highest BCUT2D eigenvalue weighted by atomic mass is 35.5. The predicted octanol–water partition coefficient (Wildman–Crippen LogP) is 3.61. The molecule has 0 aliphatic carbocycles. The van der Waals surface area contributed by atoms with Gasteiger partial charge in [0, 0.05) is 30.4 Å². The van der Waals surface area contributed by atoms with E-state index in [-0.39, 0.29) is 17.8 Å². The van der Waals surface area contributed by atoms with E-state index < -0.39 is 16.7 Å². The molecule has 0 radical (unpaired) electrons. The molecule has 7 nitrogen and oxygen atoms in total. The van der Waals surface area contributed by atoms with E-state index in [4.69, 9.17) is 23.2 Å². The number of rotatable bonds is 5. The minimum absolute atomic E-state index is 0.114. The van der Waals surface area contributed by atoms with Gasteiger partial charge in [-0.25, -0.2) is 0 Å². The van der Waals surface area contributed by atoms with Crippen LogP contribution in [0.5, 0.6) is 0 Å². The number of hydrogen-bond acceptors (Lipinski definition) is 4. The molecular weight excluding hydrogens is 369 g/mol. The zero-order valence-electron chi connectivity index (χ0n) is 13.0. The van der Waals surface area contributed by atoms with Gasteiger partial charge in [-0.2, -0.15) is 0 Å². The molecule has 0 saturated carbocycles. The smallest absolute Gasteiger partial charge is 0.269 e. The molecule has 25 heavy (non-hydrogen) atoms. The van der Waals surface area contributed by atoms with Gasteiger partial charge in [-0.15, -0.1) is 0 Å². The van der Waals surface area contributed by atoms with Gasteiger partial charge in [0.1, 0.15) is 0 Å². The highest BCUT2D eigenvalue weighted by Gasteiger charge is 2.16. The topological polar surface area (TPSA) is 92.6 Å². The van der Waals surface area contributed by atoms with Crippen molar-refractivity contribution in [1.82, 2.24) is 4.90 Å². The fourth-order valence-electron chi connectivity index (χ4n) is 2.01. The van der Waals surface area contributed by atoms with E-state index in [0.717, 1.165) is 0 Å². The molecule has 0 aromatic heterocycles. The number of carbonyl (C=O) groups is 2. The first-order valence-corrected chi connectivity index (χ1v) is 7.78. The van der Waals surface area contributed by atoms with E-state index in [1.54, 1.807) is 12.1 Å². The van der Waals surface area contributed by atoms with Crippen molar-refractivity contribution >= 4 is 46.4 Å². The maximum Gasteiger partial charge on any atom is 0.269 e. The summed E-state index contributed by atoms with van der Waals surface area (Å²) in [7, 11) is 1.46. The number of carbonyl (C=O) groups excluding carboxylic acids is 2. The highest BCUT2D eigenvalue weighted by molar-refractivity contribution is 6.42. The van der Waals surface area contributed by atoms with Crippen molar-refractivity contribution in [2.75, 3.05) is 18.9 Å². The number of halogens is 2. The summed E-state index contributed by atoms with van der Waals surface area (Å²) in [6.45, 7) is -0.198. The Bertz CT molecular complexity index is 825. The van der Waals surface area contributed by atoms with Crippen molar-refractivity contribution in [1.29, 1.82) is 0 Å². The molecule has 2 amide bonds. The van der Waals surface area contributed by atoms with E-state index in [9.17, 15) is 19.7 Å². The van der Waals surface area contributed by atoms with Crippen LogP contribution in [0.15, 0.2) is 42.5 Å². The molecular formula is C16H13Cl2N3O4. The lowest BCUT2D eigenvalue weighted by Crippen LogP contribution is -2.34. The van der Waals surface area contributed by atoms with Gasteiger partial charge < -0.3 is 10.2 Å². The van der Waals surface area contributed by atoms with Gasteiger partial charge >= 0.3 is 0 Å². The van der Waals surface area contributed by atoms with Gasteiger partial charge in [0.15, 0.2) is 0 Å². The summed E-state index contributed by atoms with van der Waals surface area (Å²) >= 11 is 11.7. The lowest BCUT2D eigenvalue weighted by molar-refractivity contribution is -0.384. The Morgan fingerprint density at radius 2 is 1.76 bits per heavy atom. The highest BCUT2D eigenvalue weighted by Crippen LogP contribution is 2.25. The Balaban J connectivity index is 1.98. The van der Waals surface area contributed by atoms with E-state index in [1.807, 2.05) is 0 Å². The Morgan fingerprint density at radius 1 is 1.12 bits per heavy atom. The van der Waals surface area contributed by atoms with E-state index in [0.29, 0.717) is 15.7 Å². The molecule has 2 aromatic carbocycles. The fourth-order valence-corrected chi connectivity index (χ4v) is 2.31. The van der Waals surface area contributed by atoms with Crippen LogP contribution in [0.3, 0.4) is 0 Å². The molecule has 0 heterocycles. The largest absolute Gasteiger partial charge is 0.332 e. The van der Waals surface area contributed by atoms with Gasteiger partial charge in [0.05, 0.1) is 21.5 Å². The van der Waals surface area contributed by atoms with E-state index in [2.05, 4.69) is 5.32 Å². The standard InChI is InChI=1S/C16H13Cl2N3O4/c1-20(16(23)10-2-5-12(6-3-10)21(24)25)9-15(22)19-11-4-7-13(17)14(18)8-11/h2-8H,9H2,1H3,(H,19,22). The summed E-state index contributed by atoms with van der Waals surface area (Å²) in [6, 6.07) is 9.78. The van der Waals surface area contributed by atoms with Gasteiger partial charge in [0.2, 0.25) is 5.91 Å². The molecule has 0 saturated heterocycles. The van der Waals surface area contributed by atoms with Crippen LogP contribution in [0, 0.1) is 10.1 Å². The molecule has 0 unspecified atom stereocenters. The van der Waals surface area contributed by atoms with Gasteiger partial charge in [-0.05, 0) is 30.3 Å². The first-order chi connectivity index (χ1) is 11.8. The summed E-state index contributed by atoms with van der Waals surface area (Å²) < 4.78 is 0. The summed E-state index contributed by atoms with van der Waals surface area (Å²) in [5.41, 5.74) is 0.586. The van der Waals surface area contributed by atoms with Crippen LogP contribution >= 0.6 is 23.2 Å². The van der Waals surface area contributed by atoms with Crippen LogP contribution < -0.4 is 5.32 Å². The molecule has 0 aliphatic rings. The summed E-state index contributed by atoms with van der Waals surface area (Å²) in [5.74, 6) is -0.852. The lowest BCUT2D eigenvalue weighted by atomic mass is 10.2. The van der Waals surface area contributed by atoms with Crippen LogP contribution in [-0.4, -0.2) is 35.2 Å². The van der Waals surface area contributed by atoms with Crippen molar-refractivity contribution in [3.8, 4) is 0 Å². The normalized spacial score (nSPS) is 10.2. The van der Waals surface area contributed by atoms with Gasteiger partial charge in [-0.3, -0.25) is 19.7 Å². The Kier molecular flexibility index (Phi) is 5.95. The number of amides is 2. The van der Waals surface area contributed by atoms with Crippen LogP contribution in [0.2, 0.25) is 10.0 Å². The third-order valence-electron chi connectivity index (χ3n) is 3.26. The number of likely N-dealkylation sites (N-methyl/N-ethyl adjacent to an activating group) is 1. The van der Waals surface area contributed by atoms with Crippen molar-refractivity contribution < 1.29 is 14.5 Å². The molecule has 2 rings (SSSR count). The van der Waals surface area contributed by atoms with Crippen molar-refractivity contribution in [2.24, 2.45) is 0 Å². The Morgan fingerprint density at radius 3 is 2.32 bits per heavy atom. The monoisotopic (exact) mass is 381 g/mol. The molecule has 0 fully saturated rings. The second kappa shape index (κ2) is 7.96. The molecule has 0 bridgehead atoms. The minimum atomic E-state index is -0.553. The number of nitrogens with zero attached hydrogens (tertiary/aromatic N) is 2. The average Bonchev–Trinajstić information content (AvgIpc) is 2.57. The first kappa shape index (κ1) is 18.7. The molecule has 2 aromatic rings. The SMILES string of the molecule is CN(CC(=O)Nc1ccc(Cl)c(Cl)c1)C(=O)c1ccc([N+](=O)[O-])cc1. The van der Waals surface area contributed by atoms with Crippen molar-refractivity contribution in [3.05, 3.63) is 68.2 Å². The number of anilines is 1. The molecule has 0 spiro atoms. The maximum absolute atomic E-state index is 12.3. The molecule has 0 atom stereocenters. The van der Waals surface area contributed by atoms with Crippen molar-refractivity contribution in [3.63, 3.8) is 0 Å². The van der Waals surface area contributed by atoms with Gasteiger partial charge in [0.25, 0.3) is 11.6 Å². The molecule has 9 heteroatoms. The van der Waals surface area contributed by atoms with Crippen molar-refractivity contribution in [2.45, 2.75) is 0 Å². The first-order valence-electron chi connectivity index (χ1n) is 7.02. The lowest BCUT2D eigenvalue weighted by Gasteiger charge is -2.17. The summed E-state index contributed by atoms with van der Waals surface area (Å²) in [5, 5.41) is 13.9. The van der Waals surface area contributed by atoms with Crippen LogP contribution in [0.25, 0.3) is 0 Å². The maximum atomic E-state index is 12.3. The molecule has 1 N–H and O–H groups in total. The zero-order chi connectivity index (χ0) is 18.6. The zero-order valence-corrected chi connectivity index (χ0v) is 14.5. The molecule has 0 aliphatic heterocycles. The third-order valence-corrected chi connectivity index (χ3v) is 3.99. The third kappa shape index (κ3) is 4.91. The predicted molar refractivity (Wildman–Crippen MR) is 95.1 cm³/mol.